The lowest BCUT2D eigenvalue weighted by molar-refractivity contribution is -0.117. The van der Waals surface area contributed by atoms with Crippen LogP contribution >= 0.6 is 11.3 Å². The maximum Gasteiger partial charge on any atom is 0.293 e. The normalized spacial score (nSPS) is 10.9. The van der Waals surface area contributed by atoms with Crippen LogP contribution in [0.2, 0.25) is 0 Å². The molecule has 0 unspecified atom stereocenters. The second-order valence-corrected chi connectivity index (χ2v) is 6.88. The fourth-order valence-corrected chi connectivity index (χ4v) is 3.41. The number of anilines is 1. The molecule has 1 aromatic carbocycles. The second kappa shape index (κ2) is 7.65. The van der Waals surface area contributed by atoms with E-state index in [9.17, 15) is 9.59 Å². The first kappa shape index (κ1) is 17.9. The van der Waals surface area contributed by atoms with E-state index in [0.717, 1.165) is 15.3 Å². The van der Waals surface area contributed by atoms with Gasteiger partial charge in [-0.15, -0.1) is 11.3 Å². The summed E-state index contributed by atoms with van der Waals surface area (Å²) < 4.78 is 7.92. The summed E-state index contributed by atoms with van der Waals surface area (Å²) >= 11 is 1.54. The van der Waals surface area contributed by atoms with Crippen LogP contribution in [0.15, 0.2) is 59.0 Å². The van der Waals surface area contributed by atoms with Crippen LogP contribution in [0, 0.1) is 0 Å². The Morgan fingerprint density at radius 1 is 1.25 bits per heavy atom. The molecule has 0 radical (unpaired) electrons. The minimum Gasteiger partial charge on any atom is -0.494 e. The van der Waals surface area contributed by atoms with Gasteiger partial charge in [0.05, 0.1) is 11.5 Å². The number of aromatic nitrogens is 4. The summed E-state index contributed by atoms with van der Waals surface area (Å²) in [5, 5.41) is 13.1. The molecule has 0 aliphatic carbocycles. The van der Waals surface area contributed by atoms with E-state index in [1.165, 1.54) is 22.2 Å². The minimum atomic E-state index is -0.375. The summed E-state index contributed by atoms with van der Waals surface area (Å²) in [6, 6.07) is 12.6. The molecular weight excluding hydrogens is 378 g/mol. The van der Waals surface area contributed by atoms with Gasteiger partial charge in [-0.3, -0.25) is 9.59 Å². The van der Waals surface area contributed by atoms with Gasteiger partial charge in [-0.1, -0.05) is 6.07 Å². The molecule has 1 N–H and O–H groups in total. The molecule has 3 aromatic heterocycles. The van der Waals surface area contributed by atoms with Gasteiger partial charge in [0.25, 0.3) is 5.56 Å². The average Bonchev–Trinajstić information content (AvgIpc) is 3.35. The molecule has 3 heterocycles. The lowest BCUT2D eigenvalue weighted by atomic mass is 10.3. The highest BCUT2D eigenvalue weighted by Crippen LogP contribution is 2.23. The average molecular weight is 395 g/mol. The summed E-state index contributed by atoms with van der Waals surface area (Å²) in [5.74, 6) is 0.382. The van der Waals surface area contributed by atoms with E-state index < -0.39 is 0 Å². The van der Waals surface area contributed by atoms with Crippen molar-refractivity contribution in [3.8, 4) is 16.3 Å². The lowest BCUT2D eigenvalue weighted by Crippen LogP contribution is -2.30. The molecule has 28 heavy (non-hydrogen) atoms. The molecule has 0 fully saturated rings. The summed E-state index contributed by atoms with van der Waals surface area (Å²) in [6.45, 7) is 2.29. The van der Waals surface area contributed by atoms with Gasteiger partial charge >= 0.3 is 0 Å². The molecule has 4 rings (SSSR count). The van der Waals surface area contributed by atoms with Gasteiger partial charge in [-0.2, -0.15) is 10.2 Å². The van der Waals surface area contributed by atoms with E-state index in [4.69, 9.17) is 4.74 Å². The Balaban J connectivity index is 1.51. The summed E-state index contributed by atoms with van der Waals surface area (Å²) in [7, 11) is 0. The Morgan fingerprint density at radius 2 is 2.07 bits per heavy atom. The number of hydrogen-bond donors (Lipinski definition) is 1. The predicted molar refractivity (Wildman–Crippen MR) is 107 cm³/mol. The van der Waals surface area contributed by atoms with Crippen LogP contribution in [-0.4, -0.2) is 31.9 Å². The molecule has 0 saturated heterocycles. The summed E-state index contributed by atoms with van der Waals surface area (Å²) in [5.41, 5.74) is 1.31. The van der Waals surface area contributed by atoms with Crippen LogP contribution < -0.4 is 15.6 Å². The molecule has 8 nitrogen and oxygen atoms in total. The van der Waals surface area contributed by atoms with Crippen LogP contribution in [0.5, 0.6) is 5.75 Å². The lowest BCUT2D eigenvalue weighted by Gasteiger charge is -2.08. The monoisotopic (exact) mass is 395 g/mol. The minimum absolute atomic E-state index is 0.192. The number of amides is 1. The van der Waals surface area contributed by atoms with E-state index in [2.05, 4.69) is 15.5 Å². The van der Waals surface area contributed by atoms with Crippen molar-refractivity contribution in [1.82, 2.24) is 19.4 Å². The van der Waals surface area contributed by atoms with Crippen molar-refractivity contribution >= 4 is 28.4 Å². The van der Waals surface area contributed by atoms with Crippen LogP contribution in [0.1, 0.15) is 6.92 Å². The molecule has 0 aliphatic heterocycles. The zero-order chi connectivity index (χ0) is 19.5. The van der Waals surface area contributed by atoms with Crippen molar-refractivity contribution in [3.63, 3.8) is 0 Å². The molecule has 0 aliphatic rings. The summed E-state index contributed by atoms with van der Waals surface area (Å²) in [6.07, 6.45) is 1.43. The Bertz CT molecular complexity index is 1160. The molecule has 1 amide bonds. The van der Waals surface area contributed by atoms with Crippen molar-refractivity contribution in [2.75, 3.05) is 11.9 Å². The molecule has 4 aromatic rings. The number of fused-ring (bicyclic) bond motifs is 1. The third-order valence-electron chi connectivity index (χ3n) is 4.01. The van der Waals surface area contributed by atoms with Gasteiger partial charge < -0.3 is 10.1 Å². The van der Waals surface area contributed by atoms with Gasteiger partial charge in [0.15, 0.2) is 0 Å². The van der Waals surface area contributed by atoms with E-state index in [1.54, 1.807) is 30.3 Å². The highest BCUT2D eigenvalue weighted by Gasteiger charge is 2.13. The smallest absolute Gasteiger partial charge is 0.293 e. The molecule has 0 bridgehead atoms. The van der Waals surface area contributed by atoms with Crippen LogP contribution in [0.3, 0.4) is 0 Å². The number of carbonyl (C=O) groups is 1. The van der Waals surface area contributed by atoms with Crippen molar-refractivity contribution in [1.29, 1.82) is 0 Å². The quantitative estimate of drug-likeness (QED) is 0.542. The van der Waals surface area contributed by atoms with Crippen LogP contribution in [0.4, 0.5) is 5.69 Å². The number of nitrogens with zero attached hydrogens (tertiary/aromatic N) is 4. The molecule has 9 heteroatoms. The van der Waals surface area contributed by atoms with Gasteiger partial charge in [0.1, 0.15) is 29.8 Å². The van der Waals surface area contributed by atoms with E-state index in [0.29, 0.717) is 23.5 Å². The number of rotatable bonds is 6. The standard InChI is InChI=1S/C19H17N5O3S/c1-2-27-14-7-5-13(6-8-14)21-18(25)11-23-19(26)16-10-15(17-4-3-9-28-17)22-24(16)12-20-23/h3-10,12H,2,11H2,1H3,(H,21,25). The Kier molecular flexibility index (Phi) is 4.90. The van der Waals surface area contributed by atoms with Gasteiger partial charge in [0.2, 0.25) is 5.91 Å². The van der Waals surface area contributed by atoms with Crippen LogP contribution in [-0.2, 0) is 11.3 Å². The fraction of sp³-hybridized carbons (Fsp3) is 0.158. The highest BCUT2D eigenvalue weighted by molar-refractivity contribution is 7.13. The molecule has 0 spiro atoms. The van der Waals surface area contributed by atoms with Gasteiger partial charge in [-0.05, 0) is 48.7 Å². The topological polar surface area (TPSA) is 90.5 Å². The summed E-state index contributed by atoms with van der Waals surface area (Å²) in [4.78, 5) is 25.9. The van der Waals surface area contributed by atoms with Crippen molar-refractivity contribution in [3.05, 3.63) is 64.5 Å². The number of carbonyl (C=O) groups excluding carboxylic acids is 1. The molecule has 0 saturated carbocycles. The molecule has 0 atom stereocenters. The second-order valence-electron chi connectivity index (χ2n) is 5.94. The van der Waals surface area contributed by atoms with Crippen molar-refractivity contribution < 1.29 is 9.53 Å². The first-order chi connectivity index (χ1) is 13.6. The number of hydrogen-bond acceptors (Lipinski definition) is 6. The number of nitrogens with one attached hydrogen (secondary N) is 1. The highest BCUT2D eigenvalue weighted by atomic mass is 32.1. The van der Waals surface area contributed by atoms with Crippen molar-refractivity contribution in [2.45, 2.75) is 13.5 Å². The molecular formula is C19H17N5O3S. The number of thiophene rings is 1. The third kappa shape index (κ3) is 3.65. The number of benzene rings is 1. The number of ether oxygens (including phenoxy) is 1. The van der Waals surface area contributed by atoms with E-state index in [1.807, 2.05) is 24.4 Å². The zero-order valence-corrected chi connectivity index (χ0v) is 15.8. The largest absolute Gasteiger partial charge is 0.494 e. The predicted octanol–water partition coefficient (Wildman–Crippen LogP) is 2.66. The van der Waals surface area contributed by atoms with Gasteiger partial charge in [0, 0.05) is 5.69 Å². The van der Waals surface area contributed by atoms with Crippen molar-refractivity contribution in [2.24, 2.45) is 0 Å². The van der Waals surface area contributed by atoms with Gasteiger partial charge in [-0.25, -0.2) is 9.20 Å². The Morgan fingerprint density at radius 3 is 2.79 bits per heavy atom. The SMILES string of the molecule is CCOc1ccc(NC(=O)Cn2ncn3nc(-c4cccs4)cc3c2=O)cc1. The maximum atomic E-state index is 12.7. The zero-order valence-electron chi connectivity index (χ0n) is 15.0. The Labute approximate surface area is 164 Å². The molecule has 142 valence electrons. The Hall–Kier alpha value is -3.46. The maximum absolute atomic E-state index is 12.7. The first-order valence-corrected chi connectivity index (χ1v) is 9.54. The first-order valence-electron chi connectivity index (χ1n) is 8.66. The fourth-order valence-electron chi connectivity index (χ4n) is 2.73. The third-order valence-corrected chi connectivity index (χ3v) is 4.90. The van der Waals surface area contributed by atoms with E-state index in [-0.39, 0.29) is 18.0 Å². The van der Waals surface area contributed by atoms with Crippen LogP contribution in [0.25, 0.3) is 16.1 Å². The van der Waals surface area contributed by atoms with E-state index >= 15 is 0 Å².